The fourth-order valence-corrected chi connectivity index (χ4v) is 3.53. The highest BCUT2D eigenvalue weighted by atomic mass is 32.2. The Morgan fingerprint density at radius 2 is 1.76 bits per heavy atom. The topological polar surface area (TPSA) is 46.2 Å². The Hall–Kier alpha value is -0.870. The lowest BCUT2D eigenvalue weighted by atomic mass is 10.2. The largest absolute Gasteiger partial charge is 0.318 e. The number of sulfone groups is 1. The lowest BCUT2D eigenvalue weighted by Gasteiger charge is -2.15. The van der Waals surface area contributed by atoms with Gasteiger partial charge < -0.3 is 5.32 Å². The third-order valence-electron chi connectivity index (χ3n) is 2.99. The Balaban J connectivity index is 3.02. The summed E-state index contributed by atoms with van der Waals surface area (Å²) in [6.45, 7) is 4.45. The normalized spacial score (nSPS) is 13.6. The van der Waals surface area contributed by atoms with E-state index in [1.807, 2.05) is 19.1 Å². The minimum atomic E-state index is -3.20. The van der Waals surface area contributed by atoms with Crippen LogP contribution in [0.5, 0.6) is 0 Å². The van der Waals surface area contributed by atoms with Crippen LogP contribution >= 0.6 is 0 Å². The average molecular weight is 255 g/mol. The maximum atomic E-state index is 12.3. The maximum absolute atomic E-state index is 12.3. The minimum absolute atomic E-state index is 0.347. The molecule has 0 bridgehead atoms. The Morgan fingerprint density at radius 3 is 2.18 bits per heavy atom. The molecule has 0 amide bonds. The first-order valence-electron chi connectivity index (χ1n) is 6.03. The predicted octanol–water partition coefficient (Wildman–Crippen LogP) is 2.02. The van der Waals surface area contributed by atoms with Gasteiger partial charge in [0.1, 0.15) is 0 Å². The molecule has 0 saturated carbocycles. The van der Waals surface area contributed by atoms with Crippen molar-refractivity contribution in [2.75, 3.05) is 13.6 Å². The molecule has 4 heteroatoms. The molecule has 0 heterocycles. The van der Waals surface area contributed by atoms with Crippen LogP contribution < -0.4 is 5.32 Å². The van der Waals surface area contributed by atoms with E-state index in [2.05, 4.69) is 12.2 Å². The molecule has 1 unspecified atom stereocenters. The molecule has 0 spiro atoms. The number of benzene rings is 1. The van der Waals surface area contributed by atoms with Crippen molar-refractivity contribution in [2.24, 2.45) is 0 Å². The number of hydrogen-bond donors (Lipinski definition) is 1. The van der Waals surface area contributed by atoms with E-state index >= 15 is 0 Å². The van der Waals surface area contributed by atoms with Gasteiger partial charge in [-0.05, 0) is 37.6 Å². The molecule has 0 aliphatic heterocycles. The van der Waals surface area contributed by atoms with Crippen LogP contribution in [-0.2, 0) is 16.3 Å². The zero-order valence-electron chi connectivity index (χ0n) is 10.7. The molecule has 0 fully saturated rings. The number of rotatable bonds is 6. The third-order valence-corrected chi connectivity index (χ3v) is 5.29. The van der Waals surface area contributed by atoms with Crippen LogP contribution in [0, 0.1) is 0 Å². The summed E-state index contributed by atoms with van der Waals surface area (Å²) in [7, 11) is -1.42. The summed E-state index contributed by atoms with van der Waals surface area (Å²) in [6.07, 6.45) is 1.55. The standard InChI is InChI=1S/C13H21NO2S/c1-4-11-6-8-13(9-7-11)17(15,16)12(5-2)10-14-3/h6-9,12,14H,4-5,10H2,1-3H3. The van der Waals surface area contributed by atoms with Gasteiger partial charge in [-0.3, -0.25) is 0 Å². The second-order valence-electron chi connectivity index (χ2n) is 4.13. The van der Waals surface area contributed by atoms with Crippen molar-refractivity contribution in [3.05, 3.63) is 29.8 Å². The molecular formula is C13H21NO2S. The van der Waals surface area contributed by atoms with Crippen LogP contribution in [-0.4, -0.2) is 27.3 Å². The van der Waals surface area contributed by atoms with Gasteiger partial charge in [-0.25, -0.2) is 8.42 Å². The molecule has 0 aliphatic rings. The molecule has 0 aliphatic carbocycles. The Bertz CT molecular complexity index is 437. The molecule has 3 nitrogen and oxygen atoms in total. The van der Waals surface area contributed by atoms with E-state index < -0.39 is 9.84 Å². The fraction of sp³-hybridized carbons (Fsp3) is 0.538. The van der Waals surface area contributed by atoms with Crippen LogP contribution in [0.4, 0.5) is 0 Å². The van der Waals surface area contributed by atoms with Crippen molar-refractivity contribution in [3.63, 3.8) is 0 Å². The van der Waals surface area contributed by atoms with E-state index in [4.69, 9.17) is 0 Å². The van der Waals surface area contributed by atoms with Gasteiger partial charge in [0.05, 0.1) is 10.1 Å². The molecule has 0 aromatic heterocycles. The van der Waals surface area contributed by atoms with Crippen molar-refractivity contribution in [1.29, 1.82) is 0 Å². The molecule has 1 N–H and O–H groups in total. The van der Waals surface area contributed by atoms with E-state index in [1.165, 1.54) is 0 Å². The number of aryl methyl sites for hydroxylation is 1. The second-order valence-corrected chi connectivity index (χ2v) is 6.36. The van der Waals surface area contributed by atoms with Crippen molar-refractivity contribution >= 4 is 9.84 Å². The first kappa shape index (κ1) is 14.2. The SMILES string of the molecule is CCc1ccc(S(=O)(=O)C(CC)CNC)cc1. The predicted molar refractivity (Wildman–Crippen MR) is 71.0 cm³/mol. The van der Waals surface area contributed by atoms with E-state index in [-0.39, 0.29) is 5.25 Å². The first-order chi connectivity index (χ1) is 8.06. The van der Waals surface area contributed by atoms with Gasteiger partial charge >= 0.3 is 0 Å². The zero-order valence-corrected chi connectivity index (χ0v) is 11.5. The van der Waals surface area contributed by atoms with Gasteiger partial charge in [-0.2, -0.15) is 0 Å². The lowest BCUT2D eigenvalue weighted by Crippen LogP contribution is -2.31. The van der Waals surface area contributed by atoms with Crippen molar-refractivity contribution in [1.82, 2.24) is 5.32 Å². The van der Waals surface area contributed by atoms with Gasteiger partial charge in [-0.15, -0.1) is 0 Å². The molecule has 1 aromatic carbocycles. The summed E-state index contributed by atoms with van der Waals surface area (Å²) < 4.78 is 24.6. The number of nitrogens with one attached hydrogen (secondary N) is 1. The van der Waals surface area contributed by atoms with Gasteiger partial charge in [0.25, 0.3) is 0 Å². The minimum Gasteiger partial charge on any atom is -0.318 e. The summed E-state index contributed by atoms with van der Waals surface area (Å²) in [5.74, 6) is 0. The van der Waals surface area contributed by atoms with Gasteiger partial charge in [0.15, 0.2) is 9.84 Å². The third kappa shape index (κ3) is 3.30. The lowest BCUT2D eigenvalue weighted by molar-refractivity contribution is 0.568. The van der Waals surface area contributed by atoms with Crippen LogP contribution in [0.15, 0.2) is 29.2 Å². The quantitative estimate of drug-likeness (QED) is 0.846. The summed E-state index contributed by atoms with van der Waals surface area (Å²) in [5.41, 5.74) is 1.16. The van der Waals surface area contributed by atoms with Crippen LogP contribution in [0.25, 0.3) is 0 Å². The van der Waals surface area contributed by atoms with Crippen molar-refractivity contribution < 1.29 is 8.42 Å². The highest BCUT2D eigenvalue weighted by Gasteiger charge is 2.24. The first-order valence-corrected chi connectivity index (χ1v) is 7.58. The maximum Gasteiger partial charge on any atom is 0.182 e. The van der Waals surface area contributed by atoms with Crippen LogP contribution in [0.1, 0.15) is 25.8 Å². The Labute approximate surface area is 104 Å². The molecule has 1 atom stereocenters. The smallest absolute Gasteiger partial charge is 0.182 e. The van der Waals surface area contributed by atoms with Gasteiger partial charge in [0, 0.05) is 6.54 Å². The number of hydrogen-bond acceptors (Lipinski definition) is 3. The highest BCUT2D eigenvalue weighted by molar-refractivity contribution is 7.92. The fourth-order valence-electron chi connectivity index (χ4n) is 1.81. The monoisotopic (exact) mass is 255 g/mol. The molecular weight excluding hydrogens is 234 g/mol. The molecule has 0 radical (unpaired) electrons. The molecule has 1 rings (SSSR count). The van der Waals surface area contributed by atoms with Crippen LogP contribution in [0.3, 0.4) is 0 Å². The van der Waals surface area contributed by atoms with E-state index in [0.717, 1.165) is 12.0 Å². The van der Waals surface area contributed by atoms with Gasteiger partial charge in [-0.1, -0.05) is 26.0 Å². The zero-order chi connectivity index (χ0) is 12.9. The van der Waals surface area contributed by atoms with E-state index in [9.17, 15) is 8.42 Å². The molecule has 17 heavy (non-hydrogen) atoms. The molecule has 0 saturated heterocycles. The summed E-state index contributed by atoms with van der Waals surface area (Å²) in [5, 5.41) is 2.59. The molecule has 1 aromatic rings. The van der Waals surface area contributed by atoms with E-state index in [0.29, 0.717) is 17.9 Å². The average Bonchev–Trinajstić information content (AvgIpc) is 2.35. The summed E-state index contributed by atoms with van der Waals surface area (Å²) >= 11 is 0. The van der Waals surface area contributed by atoms with Crippen molar-refractivity contribution in [3.8, 4) is 0 Å². The van der Waals surface area contributed by atoms with Crippen LogP contribution in [0.2, 0.25) is 0 Å². The molecule has 96 valence electrons. The van der Waals surface area contributed by atoms with Crippen molar-refractivity contribution in [2.45, 2.75) is 36.8 Å². The Kier molecular flexibility index (Phi) is 5.15. The second kappa shape index (κ2) is 6.17. The summed E-state index contributed by atoms with van der Waals surface area (Å²) in [6, 6.07) is 7.21. The van der Waals surface area contributed by atoms with E-state index in [1.54, 1.807) is 19.2 Å². The van der Waals surface area contributed by atoms with Gasteiger partial charge in [0.2, 0.25) is 0 Å². The highest BCUT2D eigenvalue weighted by Crippen LogP contribution is 2.18. The summed E-state index contributed by atoms with van der Waals surface area (Å²) in [4.78, 5) is 0.428. The Morgan fingerprint density at radius 1 is 1.18 bits per heavy atom.